The van der Waals surface area contributed by atoms with Gasteiger partial charge in [0, 0.05) is 6.54 Å². The molecule has 1 N–H and O–H groups in total. The number of carbonyl (C=O) groups is 1. The first-order chi connectivity index (χ1) is 11.8. The number of nitrogens with one attached hydrogen (secondary N) is 1. The topological polar surface area (TPSA) is 73.3 Å². The van der Waals surface area contributed by atoms with Crippen molar-refractivity contribution in [2.45, 2.75) is 11.6 Å². The number of benzene rings is 1. The van der Waals surface area contributed by atoms with E-state index in [0.717, 1.165) is 32.3 Å². The highest BCUT2D eigenvalue weighted by Crippen LogP contribution is 2.32. The Labute approximate surface area is 146 Å². The molecule has 0 radical (unpaired) electrons. The van der Waals surface area contributed by atoms with Crippen LogP contribution in [0.5, 0.6) is 11.5 Å². The van der Waals surface area contributed by atoms with E-state index in [1.807, 2.05) is 29.6 Å². The van der Waals surface area contributed by atoms with Crippen molar-refractivity contribution in [3.05, 3.63) is 41.5 Å². The van der Waals surface area contributed by atoms with E-state index in [9.17, 15) is 4.79 Å². The molecule has 0 saturated carbocycles. The van der Waals surface area contributed by atoms with Crippen LogP contribution in [-0.4, -0.2) is 28.4 Å². The number of carbonyl (C=O) groups excluding carboxylic acids is 1. The molecule has 3 heterocycles. The zero-order valence-electron chi connectivity index (χ0n) is 12.5. The van der Waals surface area contributed by atoms with E-state index in [1.165, 1.54) is 18.1 Å². The van der Waals surface area contributed by atoms with Gasteiger partial charge in [-0.1, -0.05) is 17.8 Å². The maximum absolute atomic E-state index is 12.1. The summed E-state index contributed by atoms with van der Waals surface area (Å²) in [5.74, 6) is 1.73. The number of rotatable bonds is 5. The van der Waals surface area contributed by atoms with E-state index in [1.54, 1.807) is 11.3 Å². The Morgan fingerprint density at radius 3 is 3.12 bits per heavy atom. The van der Waals surface area contributed by atoms with Crippen LogP contribution in [0.2, 0.25) is 0 Å². The number of hydrogen-bond acceptors (Lipinski definition) is 7. The van der Waals surface area contributed by atoms with E-state index in [4.69, 9.17) is 9.47 Å². The standard InChI is InChI=1S/C16H13N3O3S2/c20-14(7-24-16-15-11(3-4-23-15)18-8-19-16)17-6-10-1-2-12-13(5-10)22-9-21-12/h1-5,8H,6-7,9H2,(H,17,20). The minimum Gasteiger partial charge on any atom is -0.454 e. The second-order valence-electron chi connectivity index (χ2n) is 5.07. The molecule has 0 spiro atoms. The molecule has 0 bridgehead atoms. The molecule has 8 heteroatoms. The van der Waals surface area contributed by atoms with Crippen molar-refractivity contribution in [3.8, 4) is 11.5 Å². The second kappa shape index (κ2) is 6.66. The van der Waals surface area contributed by atoms with Crippen molar-refractivity contribution in [1.29, 1.82) is 0 Å². The highest BCUT2D eigenvalue weighted by atomic mass is 32.2. The molecule has 122 valence electrons. The van der Waals surface area contributed by atoms with Crippen molar-refractivity contribution in [3.63, 3.8) is 0 Å². The molecule has 4 rings (SSSR count). The summed E-state index contributed by atoms with van der Waals surface area (Å²) in [5.41, 5.74) is 1.89. The minimum atomic E-state index is -0.0408. The first-order valence-corrected chi connectivity index (χ1v) is 9.12. The SMILES string of the molecule is O=C(CSc1ncnc2ccsc12)NCc1ccc2c(c1)OCO2. The van der Waals surface area contributed by atoms with Gasteiger partial charge in [-0.25, -0.2) is 9.97 Å². The van der Waals surface area contributed by atoms with Crippen LogP contribution in [0.3, 0.4) is 0 Å². The van der Waals surface area contributed by atoms with Crippen LogP contribution in [0.25, 0.3) is 10.2 Å². The Balaban J connectivity index is 1.33. The lowest BCUT2D eigenvalue weighted by atomic mass is 10.2. The Morgan fingerprint density at radius 1 is 1.25 bits per heavy atom. The van der Waals surface area contributed by atoms with Gasteiger partial charge in [0.2, 0.25) is 12.7 Å². The number of aromatic nitrogens is 2. The van der Waals surface area contributed by atoms with Gasteiger partial charge in [-0.3, -0.25) is 4.79 Å². The summed E-state index contributed by atoms with van der Waals surface area (Å²) in [6, 6.07) is 7.61. The summed E-state index contributed by atoms with van der Waals surface area (Å²) in [6.45, 7) is 0.701. The third-order valence-corrected chi connectivity index (χ3v) is 5.51. The molecule has 2 aromatic heterocycles. The van der Waals surface area contributed by atoms with E-state index < -0.39 is 0 Å². The van der Waals surface area contributed by atoms with E-state index >= 15 is 0 Å². The van der Waals surface area contributed by atoms with E-state index in [-0.39, 0.29) is 12.7 Å². The molecule has 24 heavy (non-hydrogen) atoms. The number of thioether (sulfide) groups is 1. The van der Waals surface area contributed by atoms with Crippen LogP contribution in [0.4, 0.5) is 0 Å². The molecule has 1 aromatic carbocycles. The molecule has 0 saturated heterocycles. The van der Waals surface area contributed by atoms with Gasteiger partial charge in [0.15, 0.2) is 11.5 Å². The fourth-order valence-corrected chi connectivity index (χ4v) is 4.08. The predicted molar refractivity (Wildman–Crippen MR) is 92.6 cm³/mol. The van der Waals surface area contributed by atoms with Crippen LogP contribution < -0.4 is 14.8 Å². The van der Waals surface area contributed by atoms with Gasteiger partial charge < -0.3 is 14.8 Å². The summed E-state index contributed by atoms with van der Waals surface area (Å²) in [4.78, 5) is 20.5. The van der Waals surface area contributed by atoms with Gasteiger partial charge >= 0.3 is 0 Å². The summed E-state index contributed by atoms with van der Waals surface area (Å²) < 4.78 is 11.6. The molecule has 0 unspecified atom stereocenters. The normalized spacial score (nSPS) is 12.5. The lowest BCUT2D eigenvalue weighted by molar-refractivity contribution is -0.118. The molecule has 1 amide bonds. The average Bonchev–Trinajstić information content (AvgIpc) is 3.26. The van der Waals surface area contributed by atoms with Gasteiger partial charge in [-0.2, -0.15) is 0 Å². The Morgan fingerprint density at radius 2 is 2.17 bits per heavy atom. The van der Waals surface area contributed by atoms with Crippen LogP contribution in [0.15, 0.2) is 41.0 Å². The lowest BCUT2D eigenvalue weighted by Gasteiger charge is -2.06. The van der Waals surface area contributed by atoms with Crippen LogP contribution in [-0.2, 0) is 11.3 Å². The molecule has 1 aliphatic heterocycles. The number of amides is 1. The van der Waals surface area contributed by atoms with Gasteiger partial charge in [0.1, 0.15) is 11.4 Å². The fraction of sp³-hybridized carbons (Fsp3) is 0.188. The number of nitrogens with zero attached hydrogens (tertiary/aromatic N) is 2. The fourth-order valence-electron chi connectivity index (χ4n) is 2.31. The quantitative estimate of drug-likeness (QED) is 0.558. The summed E-state index contributed by atoms with van der Waals surface area (Å²) >= 11 is 3.00. The molecule has 3 aromatic rings. The second-order valence-corrected chi connectivity index (χ2v) is 6.95. The first kappa shape index (κ1) is 15.2. The molecule has 0 aliphatic carbocycles. The first-order valence-electron chi connectivity index (χ1n) is 7.26. The van der Waals surface area contributed by atoms with Gasteiger partial charge in [0.25, 0.3) is 0 Å². The molecular weight excluding hydrogens is 346 g/mol. The summed E-state index contributed by atoms with van der Waals surface area (Å²) in [5, 5.41) is 5.72. The Hall–Kier alpha value is -2.32. The third-order valence-electron chi connectivity index (χ3n) is 3.48. The van der Waals surface area contributed by atoms with Gasteiger partial charge in [-0.15, -0.1) is 11.3 Å². The smallest absolute Gasteiger partial charge is 0.231 e. The Kier molecular flexibility index (Phi) is 4.22. The Bertz CT molecular complexity index is 897. The zero-order valence-corrected chi connectivity index (χ0v) is 14.2. The zero-order chi connectivity index (χ0) is 16.4. The molecule has 6 nitrogen and oxygen atoms in total. The van der Waals surface area contributed by atoms with E-state index in [2.05, 4.69) is 15.3 Å². The van der Waals surface area contributed by atoms with Crippen LogP contribution in [0, 0.1) is 0 Å². The maximum atomic E-state index is 12.1. The van der Waals surface area contributed by atoms with Gasteiger partial charge in [-0.05, 0) is 29.1 Å². The lowest BCUT2D eigenvalue weighted by Crippen LogP contribution is -2.24. The summed E-state index contributed by atoms with van der Waals surface area (Å²) in [6.07, 6.45) is 1.53. The number of thiophene rings is 1. The third kappa shape index (κ3) is 3.15. The minimum absolute atomic E-state index is 0.0408. The molecule has 1 aliphatic rings. The summed E-state index contributed by atoms with van der Waals surface area (Å²) in [7, 11) is 0. The number of ether oxygens (including phenoxy) is 2. The molecule has 0 fully saturated rings. The number of hydrogen-bond donors (Lipinski definition) is 1. The highest BCUT2D eigenvalue weighted by molar-refractivity contribution is 8.00. The molecular formula is C16H13N3O3S2. The van der Waals surface area contributed by atoms with Crippen molar-refractivity contribution >= 4 is 39.2 Å². The maximum Gasteiger partial charge on any atom is 0.231 e. The van der Waals surface area contributed by atoms with Crippen molar-refractivity contribution in [2.75, 3.05) is 12.5 Å². The largest absolute Gasteiger partial charge is 0.454 e. The predicted octanol–water partition coefficient (Wildman–Crippen LogP) is 2.83. The van der Waals surface area contributed by atoms with Gasteiger partial charge in [0.05, 0.1) is 16.0 Å². The monoisotopic (exact) mass is 359 g/mol. The van der Waals surface area contributed by atoms with Crippen molar-refractivity contribution < 1.29 is 14.3 Å². The molecule has 0 atom stereocenters. The van der Waals surface area contributed by atoms with Crippen molar-refractivity contribution in [1.82, 2.24) is 15.3 Å². The van der Waals surface area contributed by atoms with E-state index in [0.29, 0.717) is 12.3 Å². The van der Waals surface area contributed by atoms with Crippen molar-refractivity contribution in [2.24, 2.45) is 0 Å². The number of fused-ring (bicyclic) bond motifs is 2. The average molecular weight is 359 g/mol. The van der Waals surface area contributed by atoms with Crippen LogP contribution in [0.1, 0.15) is 5.56 Å². The van der Waals surface area contributed by atoms with Crippen LogP contribution >= 0.6 is 23.1 Å². The highest BCUT2D eigenvalue weighted by Gasteiger charge is 2.14.